The van der Waals surface area contributed by atoms with Crippen LogP contribution in [0.2, 0.25) is 0 Å². The lowest BCUT2D eigenvalue weighted by molar-refractivity contribution is -0.274. The van der Waals surface area contributed by atoms with Crippen molar-refractivity contribution in [3.05, 3.63) is 83.9 Å². The summed E-state index contributed by atoms with van der Waals surface area (Å²) in [6, 6.07) is 22.4. The molecule has 1 saturated carbocycles. The maximum absolute atomic E-state index is 12.3. The molecule has 0 saturated heterocycles. The molecular weight excluding hydrogens is 435 g/mol. The van der Waals surface area contributed by atoms with Gasteiger partial charge in [-0.2, -0.15) is 0 Å². The van der Waals surface area contributed by atoms with E-state index < -0.39 is 12.5 Å². The van der Waals surface area contributed by atoms with Gasteiger partial charge in [0.05, 0.1) is 6.10 Å². The van der Waals surface area contributed by atoms with E-state index in [1.54, 1.807) is 12.1 Å². The van der Waals surface area contributed by atoms with Crippen LogP contribution in [0, 0.1) is 5.92 Å². The van der Waals surface area contributed by atoms with E-state index in [0.717, 1.165) is 17.7 Å². The van der Waals surface area contributed by atoms with Crippen molar-refractivity contribution in [2.45, 2.75) is 42.2 Å². The number of ether oxygens (including phenoxy) is 1. The van der Waals surface area contributed by atoms with Crippen LogP contribution < -0.4 is 9.46 Å². The fourth-order valence-electron chi connectivity index (χ4n) is 5.01. The van der Waals surface area contributed by atoms with Gasteiger partial charge in [-0.15, -0.1) is 13.2 Å². The van der Waals surface area contributed by atoms with Gasteiger partial charge in [0.15, 0.2) is 0 Å². The second-order valence-electron chi connectivity index (χ2n) is 8.23. The molecule has 1 fully saturated rings. The molecule has 3 unspecified atom stereocenters. The molecule has 2 aliphatic carbocycles. The topological polar surface area (TPSA) is 41.5 Å². The minimum Gasteiger partial charge on any atom is -0.406 e. The third-order valence-corrected chi connectivity index (χ3v) is 7.29. The molecule has 0 spiro atoms. The molecule has 3 atom stereocenters. The van der Waals surface area contributed by atoms with Gasteiger partial charge in [-0.25, -0.2) is 0 Å². The highest BCUT2D eigenvalue weighted by atomic mass is 32.2. The number of alkyl halides is 3. The Morgan fingerprint density at radius 3 is 2.03 bits per heavy atom. The summed E-state index contributed by atoms with van der Waals surface area (Å²) in [5.74, 6) is 0.00911. The van der Waals surface area contributed by atoms with E-state index in [1.807, 2.05) is 0 Å². The number of fused-ring (bicyclic) bond motifs is 3. The van der Waals surface area contributed by atoms with Crippen LogP contribution in [0.3, 0.4) is 0 Å². The molecule has 2 aliphatic rings. The Balaban J connectivity index is 1.27. The highest BCUT2D eigenvalue weighted by Crippen LogP contribution is 2.52. The van der Waals surface area contributed by atoms with Crippen molar-refractivity contribution < 1.29 is 23.0 Å². The molecule has 32 heavy (non-hydrogen) atoms. The Labute approximate surface area is 188 Å². The van der Waals surface area contributed by atoms with E-state index in [4.69, 9.17) is 0 Å². The average Bonchev–Trinajstić information content (AvgIpc) is 3.29. The van der Waals surface area contributed by atoms with Gasteiger partial charge in [0.2, 0.25) is 0 Å². The van der Waals surface area contributed by atoms with E-state index in [2.05, 4.69) is 58.0 Å². The molecule has 0 heterocycles. The van der Waals surface area contributed by atoms with Crippen molar-refractivity contribution in [3.8, 4) is 16.9 Å². The van der Waals surface area contributed by atoms with Crippen molar-refractivity contribution in [2.75, 3.05) is 0 Å². The SMILES string of the molecule is OC1C(NSc2ccc(OC(F)(F)F)cc2)CCC1C1c2ccccc2-c2ccccc21. The van der Waals surface area contributed by atoms with Gasteiger partial charge >= 0.3 is 6.36 Å². The van der Waals surface area contributed by atoms with E-state index >= 15 is 0 Å². The summed E-state index contributed by atoms with van der Waals surface area (Å²) in [5.41, 5.74) is 5.03. The number of aliphatic hydroxyl groups excluding tert-OH is 1. The van der Waals surface area contributed by atoms with Crippen LogP contribution in [0.1, 0.15) is 29.9 Å². The first-order valence-corrected chi connectivity index (χ1v) is 11.4. The van der Waals surface area contributed by atoms with Crippen LogP contribution in [0.4, 0.5) is 13.2 Å². The molecule has 3 aromatic carbocycles. The minimum atomic E-state index is -4.70. The molecule has 0 aromatic heterocycles. The van der Waals surface area contributed by atoms with E-state index in [-0.39, 0.29) is 23.6 Å². The highest BCUT2D eigenvalue weighted by Gasteiger charge is 2.43. The van der Waals surface area contributed by atoms with E-state index in [0.29, 0.717) is 0 Å². The van der Waals surface area contributed by atoms with E-state index in [9.17, 15) is 18.3 Å². The molecule has 0 amide bonds. The fraction of sp³-hybridized carbons (Fsp3) is 0.280. The summed E-state index contributed by atoms with van der Waals surface area (Å²) in [4.78, 5) is 0.756. The Bertz CT molecular complexity index is 1060. The van der Waals surface area contributed by atoms with Gasteiger partial charge in [0.25, 0.3) is 0 Å². The third-order valence-electron chi connectivity index (χ3n) is 6.36. The Hall–Kier alpha value is -2.48. The largest absolute Gasteiger partial charge is 0.573 e. The lowest BCUT2D eigenvalue weighted by Gasteiger charge is -2.26. The first kappa shape index (κ1) is 21.4. The van der Waals surface area contributed by atoms with Crippen LogP contribution >= 0.6 is 11.9 Å². The molecule has 0 radical (unpaired) electrons. The number of rotatable bonds is 5. The minimum absolute atomic E-state index is 0.0976. The number of aliphatic hydroxyl groups is 1. The highest BCUT2D eigenvalue weighted by molar-refractivity contribution is 7.97. The fourth-order valence-corrected chi connectivity index (χ4v) is 5.83. The van der Waals surface area contributed by atoms with Gasteiger partial charge < -0.3 is 9.84 Å². The zero-order valence-corrected chi connectivity index (χ0v) is 17.9. The van der Waals surface area contributed by atoms with E-state index in [1.165, 1.54) is 46.3 Å². The summed E-state index contributed by atoms with van der Waals surface area (Å²) < 4.78 is 44.2. The molecule has 3 aromatic rings. The first-order valence-electron chi connectivity index (χ1n) is 10.6. The number of hydrogen-bond acceptors (Lipinski definition) is 4. The second kappa shape index (κ2) is 8.46. The lowest BCUT2D eigenvalue weighted by atomic mass is 9.82. The molecule has 2 N–H and O–H groups in total. The Morgan fingerprint density at radius 2 is 1.44 bits per heavy atom. The molecule has 166 valence electrons. The summed E-state index contributed by atoms with van der Waals surface area (Å²) in [6.07, 6.45) is -3.51. The molecule has 5 rings (SSSR count). The van der Waals surface area contributed by atoms with Crippen molar-refractivity contribution in [3.63, 3.8) is 0 Å². The van der Waals surface area contributed by atoms with Crippen LogP contribution in [0.15, 0.2) is 77.7 Å². The monoisotopic (exact) mass is 457 g/mol. The van der Waals surface area contributed by atoms with Crippen molar-refractivity contribution in [2.24, 2.45) is 5.92 Å². The van der Waals surface area contributed by atoms with Gasteiger partial charge in [-0.05, 0) is 77.2 Å². The molecular formula is C25H22F3NO2S. The molecule has 0 aliphatic heterocycles. The van der Waals surface area contributed by atoms with Crippen molar-refractivity contribution in [1.82, 2.24) is 4.72 Å². The van der Waals surface area contributed by atoms with Gasteiger partial charge in [0, 0.05) is 16.9 Å². The molecule has 3 nitrogen and oxygen atoms in total. The predicted octanol–water partition coefficient (Wildman–Crippen LogP) is 6.13. The van der Waals surface area contributed by atoms with Gasteiger partial charge in [-0.1, -0.05) is 48.5 Å². The summed E-state index contributed by atoms with van der Waals surface area (Å²) >= 11 is 1.32. The maximum Gasteiger partial charge on any atom is 0.573 e. The Kier molecular flexibility index (Phi) is 5.65. The van der Waals surface area contributed by atoms with Crippen molar-refractivity contribution >= 4 is 11.9 Å². The second-order valence-corrected chi connectivity index (χ2v) is 9.14. The maximum atomic E-state index is 12.3. The Morgan fingerprint density at radius 1 is 0.844 bits per heavy atom. The normalized spacial score (nSPS) is 22.6. The van der Waals surface area contributed by atoms with Crippen LogP contribution in [-0.4, -0.2) is 23.6 Å². The smallest absolute Gasteiger partial charge is 0.406 e. The number of benzene rings is 3. The third kappa shape index (κ3) is 4.12. The van der Waals surface area contributed by atoms with Crippen LogP contribution in [0.25, 0.3) is 11.1 Å². The number of halogens is 3. The summed E-state index contributed by atoms with van der Waals surface area (Å²) in [7, 11) is 0. The zero-order valence-electron chi connectivity index (χ0n) is 17.0. The predicted molar refractivity (Wildman–Crippen MR) is 118 cm³/mol. The van der Waals surface area contributed by atoms with Crippen molar-refractivity contribution in [1.29, 1.82) is 0 Å². The quantitative estimate of drug-likeness (QED) is 0.452. The lowest BCUT2D eigenvalue weighted by Crippen LogP contribution is -2.36. The summed E-state index contributed by atoms with van der Waals surface area (Å²) in [5, 5.41) is 11.2. The molecule has 7 heteroatoms. The average molecular weight is 458 g/mol. The standard InChI is InChI=1S/C25H22F3NO2S/c26-25(27,28)31-15-9-11-16(12-10-15)32-29-22-14-13-21(24(22)30)23-19-7-3-1-5-17(19)18-6-2-4-8-20(18)23/h1-12,21-24,29-30H,13-14H2. The van der Waals surface area contributed by atoms with Crippen LogP contribution in [0.5, 0.6) is 5.75 Å². The van der Waals surface area contributed by atoms with Gasteiger partial charge in [-0.3, -0.25) is 4.72 Å². The summed E-state index contributed by atoms with van der Waals surface area (Å²) in [6.45, 7) is 0. The molecule has 0 bridgehead atoms. The number of nitrogens with one attached hydrogen (secondary N) is 1. The zero-order chi connectivity index (χ0) is 22.3. The first-order chi connectivity index (χ1) is 15.4. The number of hydrogen-bond donors (Lipinski definition) is 2. The van der Waals surface area contributed by atoms with Crippen LogP contribution in [-0.2, 0) is 0 Å². The van der Waals surface area contributed by atoms with Gasteiger partial charge in [0.1, 0.15) is 5.75 Å².